The Bertz CT molecular complexity index is 486. The monoisotopic (exact) mass is 314 g/mol. The molecule has 6 heteroatoms. The van der Waals surface area contributed by atoms with Crippen LogP contribution in [0.25, 0.3) is 0 Å². The van der Waals surface area contributed by atoms with E-state index >= 15 is 0 Å². The third-order valence-electron chi connectivity index (χ3n) is 2.94. The first-order valence-corrected chi connectivity index (χ1v) is 8.99. The SMILES string of the molecule is CCCCOCCCNc1ccc(S(=O)(=O)NCC)cc1. The van der Waals surface area contributed by atoms with Gasteiger partial charge < -0.3 is 10.1 Å². The van der Waals surface area contributed by atoms with Gasteiger partial charge in [-0.3, -0.25) is 0 Å². The molecule has 1 rings (SSSR count). The Morgan fingerprint density at radius 1 is 1.05 bits per heavy atom. The fourth-order valence-corrected chi connectivity index (χ4v) is 2.82. The van der Waals surface area contributed by atoms with E-state index in [0.29, 0.717) is 6.54 Å². The van der Waals surface area contributed by atoms with Gasteiger partial charge in [0, 0.05) is 32.0 Å². The molecule has 0 aliphatic carbocycles. The topological polar surface area (TPSA) is 67.4 Å². The van der Waals surface area contributed by atoms with E-state index in [-0.39, 0.29) is 4.90 Å². The molecule has 0 aliphatic heterocycles. The minimum absolute atomic E-state index is 0.290. The van der Waals surface area contributed by atoms with Gasteiger partial charge in [0.05, 0.1) is 4.90 Å². The molecule has 0 amide bonds. The summed E-state index contributed by atoms with van der Waals surface area (Å²) in [6.07, 6.45) is 3.19. The van der Waals surface area contributed by atoms with Crippen LogP contribution in [0.3, 0.4) is 0 Å². The summed E-state index contributed by atoms with van der Waals surface area (Å²) in [4.78, 5) is 0.290. The highest BCUT2D eigenvalue weighted by atomic mass is 32.2. The van der Waals surface area contributed by atoms with Crippen molar-refractivity contribution in [1.29, 1.82) is 0 Å². The van der Waals surface area contributed by atoms with Crippen LogP contribution in [0.2, 0.25) is 0 Å². The molecule has 0 aromatic heterocycles. The quantitative estimate of drug-likeness (QED) is 0.616. The number of hydrogen-bond donors (Lipinski definition) is 2. The average molecular weight is 314 g/mol. The van der Waals surface area contributed by atoms with Gasteiger partial charge in [-0.15, -0.1) is 0 Å². The number of hydrogen-bond acceptors (Lipinski definition) is 4. The van der Waals surface area contributed by atoms with E-state index < -0.39 is 10.0 Å². The van der Waals surface area contributed by atoms with Gasteiger partial charge in [0.2, 0.25) is 10.0 Å². The number of unbranched alkanes of at least 4 members (excludes halogenated alkanes) is 1. The van der Waals surface area contributed by atoms with Crippen molar-refractivity contribution in [2.45, 2.75) is 38.0 Å². The molecule has 21 heavy (non-hydrogen) atoms. The second-order valence-electron chi connectivity index (χ2n) is 4.77. The van der Waals surface area contributed by atoms with Crippen LogP contribution >= 0.6 is 0 Å². The number of sulfonamides is 1. The van der Waals surface area contributed by atoms with E-state index in [1.807, 2.05) is 0 Å². The number of nitrogens with one attached hydrogen (secondary N) is 2. The van der Waals surface area contributed by atoms with E-state index in [1.54, 1.807) is 31.2 Å². The van der Waals surface area contributed by atoms with Crippen molar-refractivity contribution in [3.63, 3.8) is 0 Å². The second-order valence-corrected chi connectivity index (χ2v) is 6.54. The summed E-state index contributed by atoms with van der Waals surface area (Å²) in [7, 11) is -3.36. The minimum Gasteiger partial charge on any atom is -0.385 e. The predicted octanol–water partition coefficient (Wildman–Crippen LogP) is 2.60. The third kappa shape index (κ3) is 6.93. The summed E-state index contributed by atoms with van der Waals surface area (Å²) >= 11 is 0. The maximum Gasteiger partial charge on any atom is 0.240 e. The first-order chi connectivity index (χ1) is 10.1. The van der Waals surface area contributed by atoms with Crippen LogP contribution in [0.5, 0.6) is 0 Å². The maximum absolute atomic E-state index is 11.8. The predicted molar refractivity (Wildman–Crippen MR) is 86.1 cm³/mol. The highest BCUT2D eigenvalue weighted by Gasteiger charge is 2.11. The minimum atomic E-state index is -3.36. The molecule has 0 saturated heterocycles. The van der Waals surface area contributed by atoms with Crippen LogP contribution in [0.1, 0.15) is 33.1 Å². The standard InChI is InChI=1S/C15H26N2O3S/c1-3-5-12-20-13-6-11-16-14-7-9-15(10-8-14)21(18,19)17-4-2/h7-10,16-17H,3-6,11-13H2,1-2H3. The molecule has 120 valence electrons. The van der Waals surface area contributed by atoms with E-state index in [0.717, 1.165) is 44.7 Å². The zero-order chi connectivity index (χ0) is 15.6. The van der Waals surface area contributed by atoms with Crippen molar-refractivity contribution in [3.8, 4) is 0 Å². The first-order valence-electron chi connectivity index (χ1n) is 7.51. The van der Waals surface area contributed by atoms with Gasteiger partial charge in [0.1, 0.15) is 0 Å². The smallest absolute Gasteiger partial charge is 0.240 e. The number of rotatable bonds is 11. The largest absolute Gasteiger partial charge is 0.385 e. The Balaban J connectivity index is 2.32. The van der Waals surface area contributed by atoms with Crippen LogP contribution in [0.15, 0.2) is 29.2 Å². The molecule has 0 bridgehead atoms. The number of ether oxygens (including phenoxy) is 1. The Morgan fingerprint density at radius 2 is 1.71 bits per heavy atom. The molecular weight excluding hydrogens is 288 g/mol. The van der Waals surface area contributed by atoms with Crippen molar-refractivity contribution < 1.29 is 13.2 Å². The zero-order valence-electron chi connectivity index (χ0n) is 12.9. The molecule has 0 heterocycles. The maximum atomic E-state index is 11.8. The van der Waals surface area contributed by atoms with Crippen molar-refractivity contribution in [1.82, 2.24) is 4.72 Å². The molecule has 5 nitrogen and oxygen atoms in total. The number of benzene rings is 1. The van der Waals surface area contributed by atoms with Crippen molar-refractivity contribution in [2.24, 2.45) is 0 Å². The van der Waals surface area contributed by atoms with E-state index in [4.69, 9.17) is 4.74 Å². The van der Waals surface area contributed by atoms with Crippen molar-refractivity contribution in [3.05, 3.63) is 24.3 Å². The highest BCUT2D eigenvalue weighted by Crippen LogP contribution is 2.13. The summed E-state index contributed by atoms with van der Waals surface area (Å²) in [5.74, 6) is 0. The lowest BCUT2D eigenvalue weighted by atomic mass is 10.3. The third-order valence-corrected chi connectivity index (χ3v) is 4.50. The first kappa shape index (κ1) is 17.9. The lowest BCUT2D eigenvalue weighted by Gasteiger charge is -2.08. The lowest BCUT2D eigenvalue weighted by Crippen LogP contribution is -2.23. The van der Waals surface area contributed by atoms with Gasteiger partial charge in [-0.25, -0.2) is 13.1 Å². The molecule has 1 aromatic carbocycles. The van der Waals surface area contributed by atoms with Crippen molar-refractivity contribution in [2.75, 3.05) is 31.6 Å². The molecule has 0 atom stereocenters. The second kappa shape index (κ2) is 9.76. The molecular formula is C15H26N2O3S. The summed E-state index contributed by atoms with van der Waals surface area (Å²) in [5.41, 5.74) is 0.916. The van der Waals surface area contributed by atoms with E-state index in [1.165, 1.54) is 0 Å². The van der Waals surface area contributed by atoms with Gasteiger partial charge in [-0.1, -0.05) is 20.3 Å². The molecule has 2 N–H and O–H groups in total. The molecule has 0 radical (unpaired) electrons. The van der Waals surface area contributed by atoms with Crippen LogP contribution in [0.4, 0.5) is 5.69 Å². The Hall–Kier alpha value is -1.11. The molecule has 0 saturated carbocycles. The Kier molecular flexibility index (Phi) is 8.34. The van der Waals surface area contributed by atoms with Crippen LogP contribution in [0, 0.1) is 0 Å². The van der Waals surface area contributed by atoms with Gasteiger partial charge in [-0.2, -0.15) is 0 Å². The average Bonchev–Trinajstić information content (AvgIpc) is 2.47. The van der Waals surface area contributed by atoms with Gasteiger partial charge in [-0.05, 0) is 37.1 Å². The van der Waals surface area contributed by atoms with Crippen LogP contribution in [-0.2, 0) is 14.8 Å². The Morgan fingerprint density at radius 3 is 2.33 bits per heavy atom. The molecule has 0 spiro atoms. The highest BCUT2D eigenvalue weighted by molar-refractivity contribution is 7.89. The van der Waals surface area contributed by atoms with Gasteiger partial charge in [0.15, 0.2) is 0 Å². The fraction of sp³-hybridized carbons (Fsp3) is 0.600. The fourth-order valence-electron chi connectivity index (χ4n) is 1.78. The molecule has 1 aromatic rings. The van der Waals surface area contributed by atoms with Crippen LogP contribution in [-0.4, -0.2) is 34.7 Å². The zero-order valence-corrected chi connectivity index (χ0v) is 13.7. The number of anilines is 1. The van der Waals surface area contributed by atoms with E-state index in [2.05, 4.69) is 17.0 Å². The molecule has 0 fully saturated rings. The summed E-state index contributed by atoms with van der Waals surface area (Å²) < 4.78 is 31.5. The molecule has 0 aliphatic rings. The summed E-state index contributed by atoms with van der Waals surface area (Å²) in [6, 6.07) is 6.78. The summed E-state index contributed by atoms with van der Waals surface area (Å²) in [5, 5.41) is 3.25. The lowest BCUT2D eigenvalue weighted by molar-refractivity contribution is 0.131. The van der Waals surface area contributed by atoms with Crippen molar-refractivity contribution >= 4 is 15.7 Å². The van der Waals surface area contributed by atoms with Gasteiger partial charge in [0.25, 0.3) is 0 Å². The van der Waals surface area contributed by atoms with Gasteiger partial charge >= 0.3 is 0 Å². The van der Waals surface area contributed by atoms with Crippen LogP contribution < -0.4 is 10.0 Å². The Labute approximate surface area is 128 Å². The summed E-state index contributed by atoms with van der Waals surface area (Å²) in [6.45, 7) is 6.68. The normalized spacial score (nSPS) is 11.5. The van der Waals surface area contributed by atoms with E-state index in [9.17, 15) is 8.42 Å². The molecule has 0 unspecified atom stereocenters.